The number of ether oxygens (including phenoxy) is 1. The number of halogens is 2. The molecule has 1 heterocycles. The summed E-state index contributed by atoms with van der Waals surface area (Å²) >= 11 is 0. The molecule has 2 aromatic carbocycles. The van der Waals surface area contributed by atoms with Crippen molar-refractivity contribution in [3.8, 4) is 11.1 Å². The SMILES string of the molecule is O=C(NC1(CC(=O)N2CC(C(=O)O)C(F)(F)C2)CC1)OCC1c2ccccc2-c2ccccc21. The first-order chi connectivity index (χ1) is 16.2. The summed E-state index contributed by atoms with van der Waals surface area (Å²) in [6.07, 6.45) is 0.215. The fourth-order valence-corrected chi connectivity index (χ4v) is 4.98. The van der Waals surface area contributed by atoms with Crippen LogP contribution in [-0.4, -0.2) is 59.1 Å². The van der Waals surface area contributed by atoms with Crippen LogP contribution in [0.3, 0.4) is 0 Å². The first-order valence-corrected chi connectivity index (χ1v) is 11.2. The molecule has 1 aliphatic heterocycles. The molecule has 34 heavy (non-hydrogen) atoms. The second-order valence-corrected chi connectivity index (χ2v) is 9.33. The maximum absolute atomic E-state index is 13.9. The van der Waals surface area contributed by atoms with Crippen LogP contribution in [0.25, 0.3) is 11.1 Å². The van der Waals surface area contributed by atoms with Gasteiger partial charge in [0.15, 0.2) is 0 Å². The van der Waals surface area contributed by atoms with Crippen LogP contribution < -0.4 is 5.32 Å². The molecule has 2 aliphatic carbocycles. The molecule has 178 valence electrons. The van der Waals surface area contributed by atoms with E-state index in [1.165, 1.54) is 0 Å². The van der Waals surface area contributed by atoms with E-state index < -0.39 is 48.4 Å². The van der Waals surface area contributed by atoms with Gasteiger partial charge >= 0.3 is 12.1 Å². The second-order valence-electron chi connectivity index (χ2n) is 9.33. The maximum atomic E-state index is 13.9. The van der Waals surface area contributed by atoms with E-state index >= 15 is 0 Å². The summed E-state index contributed by atoms with van der Waals surface area (Å²) in [5.41, 5.74) is 3.54. The number of likely N-dealkylation sites (tertiary alicyclic amines) is 1. The van der Waals surface area contributed by atoms with E-state index in [4.69, 9.17) is 9.84 Å². The van der Waals surface area contributed by atoms with Gasteiger partial charge in [0, 0.05) is 12.5 Å². The Hall–Kier alpha value is -3.49. The summed E-state index contributed by atoms with van der Waals surface area (Å²) in [6, 6.07) is 15.9. The molecule has 1 unspecified atom stereocenters. The van der Waals surface area contributed by atoms with Crippen molar-refractivity contribution in [3.63, 3.8) is 0 Å². The van der Waals surface area contributed by atoms with Gasteiger partial charge in [-0.2, -0.15) is 0 Å². The number of alkyl carbamates (subject to hydrolysis) is 1. The smallest absolute Gasteiger partial charge is 0.407 e. The Morgan fingerprint density at radius 1 is 1.03 bits per heavy atom. The number of benzene rings is 2. The van der Waals surface area contributed by atoms with Gasteiger partial charge in [-0.3, -0.25) is 9.59 Å². The Balaban J connectivity index is 1.19. The van der Waals surface area contributed by atoms with Crippen molar-refractivity contribution in [2.45, 2.75) is 36.6 Å². The van der Waals surface area contributed by atoms with Crippen LogP contribution in [0.15, 0.2) is 48.5 Å². The third-order valence-corrected chi connectivity index (χ3v) is 7.02. The first-order valence-electron chi connectivity index (χ1n) is 11.2. The molecule has 7 nitrogen and oxygen atoms in total. The topological polar surface area (TPSA) is 95.9 Å². The summed E-state index contributed by atoms with van der Waals surface area (Å²) in [5, 5.41) is 11.7. The zero-order valence-corrected chi connectivity index (χ0v) is 18.3. The number of nitrogens with zero attached hydrogens (tertiary/aromatic N) is 1. The number of hydrogen-bond donors (Lipinski definition) is 2. The van der Waals surface area contributed by atoms with Gasteiger partial charge in [0.05, 0.1) is 18.5 Å². The van der Waals surface area contributed by atoms with Crippen LogP contribution in [0, 0.1) is 5.92 Å². The number of carbonyl (C=O) groups is 3. The van der Waals surface area contributed by atoms with Crippen molar-refractivity contribution in [2.24, 2.45) is 5.92 Å². The number of nitrogens with one attached hydrogen (secondary N) is 1. The number of carbonyl (C=O) groups excluding carboxylic acids is 2. The van der Waals surface area contributed by atoms with Crippen LogP contribution in [0.1, 0.15) is 36.3 Å². The number of alkyl halides is 2. The fraction of sp³-hybridized carbons (Fsp3) is 0.400. The fourth-order valence-electron chi connectivity index (χ4n) is 4.98. The van der Waals surface area contributed by atoms with Crippen molar-refractivity contribution in [2.75, 3.05) is 19.7 Å². The molecule has 0 aromatic heterocycles. The average Bonchev–Trinajstić information content (AvgIpc) is 3.33. The number of hydrogen-bond acceptors (Lipinski definition) is 4. The molecule has 2 amide bonds. The van der Waals surface area contributed by atoms with Gasteiger partial charge in [-0.1, -0.05) is 48.5 Å². The third-order valence-electron chi connectivity index (χ3n) is 7.02. The number of carboxylic acid groups (broad SMARTS) is 1. The summed E-state index contributed by atoms with van der Waals surface area (Å²) in [6.45, 7) is -1.34. The molecule has 0 bridgehead atoms. The molecule has 0 spiro atoms. The van der Waals surface area contributed by atoms with Crippen molar-refractivity contribution >= 4 is 18.0 Å². The molecule has 2 N–H and O–H groups in total. The number of carboxylic acids is 1. The normalized spacial score (nSPS) is 21.5. The molecular weight excluding hydrogens is 446 g/mol. The Bertz CT molecular complexity index is 1120. The quantitative estimate of drug-likeness (QED) is 0.672. The highest BCUT2D eigenvalue weighted by Gasteiger charge is 2.55. The van der Waals surface area contributed by atoms with E-state index in [0.717, 1.165) is 27.2 Å². The van der Waals surface area contributed by atoms with E-state index in [0.29, 0.717) is 12.8 Å². The molecule has 1 saturated carbocycles. The van der Waals surface area contributed by atoms with Gasteiger partial charge in [0.1, 0.15) is 12.5 Å². The van der Waals surface area contributed by atoms with E-state index in [-0.39, 0.29) is 18.9 Å². The summed E-state index contributed by atoms with van der Waals surface area (Å²) in [7, 11) is 0. The molecule has 2 aromatic rings. The van der Waals surface area contributed by atoms with Crippen molar-refractivity contribution < 1.29 is 33.0 Å². The van der Waals surface area contributed by atoms with Crippen LogP contribution >= 0.6 is 0 Å². The summed E-state index contributed by atoms with van der Waals surface area (Å²) < 4.78 is 33.4. The number of aliphatic carboxylic acids is 1. The first kappa shape index (κ1) is 22.3. The van der Waals surface area contributed by atoms with E-state index in [2.05, 4.69) is 5.32 Å². The average molecular weight is 470 g/mol. The predicted molar refractivity (Wildman–Crippen MR) is 117 cm³/mol. The molecule has 3 aliphatic rings. The van der Waals surface area contributed by atoms with Crippen LogP contribution in [0.2, 0.25) is 0 Å². The van der Waals surface area contributed by atoms with Gasteiger partial charge in [-0.15, -0.1) is 0 Å². The summed E-state index contributed by atoms with van der Waals surface area (Å²) in [5.74, 6) is -7.71. The predicted octanol–water partition coefficient (Wildman–Crippen LogP) is 3.63. The summed E-state index contributed by atoms with van der Waals surface area (Å²) in [4.78, 5) is 37.1. The lowest BCUT2D eigenvalue weighted by atomic mass is 9.98. The highest BCUT2D eigenvalue weighted by Crippen LogP contribution is 2.45. The van der Waals surface area contributed by atoms with E-state index in [1.54, 1.807) is 0 Å². The maximum Gasteiger partial charge on any atom is 0.407 e. The van der Waals surface area contributed by atoms with Crippen LogP contribution in [-0.2, 0) is 14.3 Å². The van der Waals surface area contributed by atoms with Crippen molar-refractivity contribution in [1.82, 2.24) is 10.2 Å². The third kappa shape index (κ3) is 3.99. The van der Waals surface area contributed by atoms with Gasteiger partial charge in [0.2, 0.25) is 5.91 Å². The van der Waals surface area contributed by atoms with Gasteiger partial charge in [-0.25, -0.2) is 13.6 Å². The molecule has 1 atom stereocenters. The van der Waals surface area contributed by atoms with Crippen LogP contribution in [0.5, 0.6) is 0 Å². The largest absolute Gasteiger partial charge is 0.481 e. The van der Waals surface area contributed by atoms with Crippen molar-refractivity contribution in [1.29, 1.82) is 0 Å². The van der Waals surface area contributed by atoms with Gasteiger partial charge in [0.25, 0.3) is 5.92 Å². The minimum Gasteiger partial charge on any atom is -0.481 e. The lowest BCUT2D eigenvalue weighted by Gasteiger charge is -2.22. The van der Waals surface area contributed by atoms with Crippen molar-refractivity contribution in [3.05, 3.63) is 59.7 Å². The second kappa shape index (κ2) is 8.07. The highest BCUT2D eigenvalue weighted by molar-refractivity contribution is 5.82. The zero-order valence-electron chi connectivity index (χ0n) is 18.3. The monoisotopic (exact) mass is 470 g/mol. The molecule has 1 saturated heterocycles. The number of amides is 2. The highest BCUT2D eigenvalue weighted by atomic mass is 19.3. The minimum absolute atomic E-state index is 0.102. The standard InChI is InChI=1S/C25H24F2N2O5/c26-25(27)14-29(12-20(25)22(31)32)21(30)11-24(9-10-24)28-23(33)34-13-19-17-7-3-1-5-15(17)16-6-2-4-8-18(16)19/h1-8,19-20H,9-14H2,(H,28,33)(H,31,32). The lowest BCUT2D eigenvalue weighted by molar-refractivity contribution is -0.151. The zero-order chi connectivity index (χ0) is 24.1. The Morgan fingerprint density at radius 3 is 2.15 bits per heavy atom. The minimum atomic E-state index is -3.47. The Morgan fingerprint density at radius 2 is 1.62 bits per heavy atom. The molecule has 9 heteroatoms. The molecular formula is C25H24F2N2O5. The van der Waals surface area contributed by atoms with Crippen LogP contribution in [0.4, 0.5) is 13.6 Å². The molecule has 0 radical (unpaired) electrons. The number of fused-ring (bicyclic) bond motifs is 3. The Kier molecular flexibility index (Phi) is 5.30. The number of rotatable bonds is 6. The van der Waals surface area contributed by atoms with Gasteiger partial charge in [-0.05, 0) is 35.1 Å². The van der Waals surface area contributed by atoms with E-state index in [1.807, 2.05) is 48.5 Å². The van der Waals surface area contributed by atoms with E-state index in [9.17, 15) is 23.2 Å². The van der Waals surface area contributed by atoms with Gasteiger partial charge < -0.3 is 20.1 Å². The molecule has 5 rings (SSSR count). The molecule has 2 fully saturated rings. The Labute approximate surface area is 194 Å². The lowest BCUT2D eigenvalue weighted by Crippen LogP contribution is -2.42.